The van der Waals surface area contributed by atoms with E-state index in [9.17, 15) is 13.2 Å². The number of aromatic nitrogens is 2. The normalized spacial score (nSPS) is 15.7. The minimum atomic E-state index is -3.59. The molecule has 1 aliphatic heterocycles. The lowest BCUT2D eigenvalue weighted by molar-refractivity contribution is -0.0124. The number of anilines is 5. The second kappa shape index (κ2) is 11.6. The number of rotatable bonds is 8. The molecule has 11 nitrogen and oxygen atoms in total. The Labute approximate surface area is 232 Å². The number of hydrogen-bond acceptors (Lipinski definition) is 10. The van der Waals surface area contributed by atoms with E-state index in [1.54, 1.807) is 55.1 Å². The first-order valence-corrected chi connectivity index (χ1v) is 14.2. The highest BCUT2D eigenvalue weighted by Crippen LogP contribution is 2.34. The zero-order valence-corrected chi connectivity index (χ0v) is 23.6. The number of halogens is 1. The molecule has 1 amide bonds. The first kappa shape index (κ1) is 28.4. The summed E-state index contributed by atoms with van der Waals surface area (Å²) in [5.41, 5.74) is 7.31. The molecule has 1 fully saturated rings. The van der Waals surface area contributed by atoms with Gasteiger partial charge in [0.1, 0.15) is 16.6 Å². The summed E-state index contributed by atoms with van der Waals surface area (Å²) in [4.78, 5) is 23.5. The molecule has 1 aliphatic rings. The maximum absolute atomic E-state index is 13.0. The summed E-state index contributed by atoms with van der Waals surface area (Å²) in [7, 11) is -2.10. The highest BCUT2D eigenvalue weighted by atomic mass is 35.5. The molecule has 0 bridgehead atoms. The van der Waals surface area contributed by atoms with Crippen LogP contribution in [0.3, 0.4) is 0 Å². The third kappa shape index (κ3) is 6.18. The van der Waals surface area contributed by atoms with Gasteiger partial charge in [-0.2, -0.15) is 9.97 Å². The summed E-state index contributed by atoms with van der Waals surface area (Å²) in [6.45, 7) is 6.66. The number of methoxy groups -OCH3 is 1. The number of nitrogen functional groups attached to an aromatic ring is 1. The number of carbonyl (C=O) groups excluding carboxylic acids is 1. The minimum absolute atomic E-state index is 0.0203. The number of para-hydroxylation sites is 1. The molecule has 1 saturated heterocycles. The average Bonchev–Trinajstić information content (AvgIpc) is 2.91. The highest BCUT2D eigenvalue weighted by Gasteiger charge is 2.25. The molecule has 1 atom stereocenters. The Balaban J connectivity index is 1.62. The van der Waals surface area contributed by atoms with Crippen LogP contribution in [0.5, 0.6) is 5.75 Å². The van der Waals surface area contributed by atoms with Crippen LogP contribution in [-0.4, -0.2) is 67.4 Å². The van der Waals surface area contributed by atoms with E-state index in [2.05, 4.69) is 20.6 Å². The average molecular weight is 575 g/mol. The zero-order chi connectivity index (χ0) is 28.3. The van der Waals surface area contributed by atoms with Crippen molar-refractivity contribution < 1.29 is 22.7 Å². The predicted molar refractivity (Wildman–Crippen MR) is 151 cm³/mol. The van der Waals surface area contributed by atoms with E-state index in [0.29, 0.717) is 42.4 Å². The van der Waals surface area contributed by atoms with Crippen LogP contribution < -0.4 is 21.1 Å². The number of nitrogens with one attached hydrogen (secondary N) is 2. The van der Waals surface area contributed by atoms with E-state index < -0.39 is 15.1 Å². The number of nitrogens with zero attached hydrogens (tertiary/aromatic N) is 3. The molecule has 13 heteroatoms. The van der Waals surface area contributed by atoms with Gasteiger partial charge in [0, 0.05) is 18.7 Å². The summed E-state index contributed by atoms with van der Waals surface area (Å²) in [5, 5.41) is 5.44. The predicted octanol–water partition coefficient (Wildman–Crippen LogP) is 4.25. The molecular formula is C26H31ClN6O5S. The first-order chi connectivity index (χ1) is 18.5. The first-order valence-electron chi connectivity index (χ1n) is 12.3. The number of morpholine rings is 1. The van der Waals surface area contributed by atoms with Crippen molar-refractivity contribution in [2.24, 2.45) is 0 Å². The molecule has 0 spiro atoms. The van der Waals surface area contributed by atoms with Crippen molar-refractivity contribution in [3.05, 3.63) is 53.1 Å². The zero-order valence-electron chi connectivity index (χ0n) is 22.1. The van der Waals surface area contributed by atoms with Crippen molar-refractivity contribution in [3.63, 3.8) is 0 Å². The molecule has 39 heavy (non-hydrogen) atoms. The fraction of sp³-hybridized carbons (Fsp3) is 0.346. The SMILES string of the molecule is COc1cc(C(=O)N2CCO[C@H](C)C2)ccc1Nc1nc(N)c(Cl)c(Nc2ccccc2S(=O)(=O)C(C)C)n1. The number of benzene rings is 2. The molecule has 0 aliphatic carbocycles. The fourth-order valence-corrected chi connectivity index (χ4v) is 5.37. The van der Waals surface area contributed by atoms with E-state index in [1.807, 2.05) is 6.92 Å². The van der Waals surface area contributed by atoms with Crippen LogP contribution in [0.25, 0.3) is 0 Å². The van der Waals surface area contributed by atoms with Gasteiger partial charge in [-0.1, -0.05) is 23.7 Å². The Kier molecular flexibility index (Phi) is 8.48. The van der Waals surface area contributed by atoms with E-state index >= 15 is 0 Å². The van der Waals surface area contributed by atoms with Crippen molar-refractivity contribution in [2.75, 3.05) is 43.2 Å². The quantitative estimate of drug-likeness (QED) is 0.356. The van der Waals surface area contributed by atoms with Gasteiger partial charge in [0.15, 0.2) is 15.7 Å². The lowest BCUT2D eigenvalue weighted by Crippen LogP contribution is -2.44. The molecule has 0 radical (unpaired) electrons. The van der Waals surface area contributed by atoms with E-state index in [0.717, 1.165) is 0 Å². The summed E-state index contributed by atoms with van der Waals surface area (Å²) in [6, 6.07) is 11.5. The Morgan fingerprint density at radius 3 is 2.62 bits per heavy atom. The van der Waals surface area contributed by atoms with Crippen molar-refractivity contribution in [1.29, 1.82) is 0 Å². The smallest absolute Gasteiger partial charge is 0.254 e. The molecule has 0 saturated carbocycles. The lowest BCUT2D eigenvalue weighted by Gasteiger charge is -2.31. The highest BCUT2D eigenvalue weighted by molar-refractivity contribution is 7.92. The topological polar surface area (TPSA) is 149 Å². The largest absolute Gasteiger partial charge is 0.495 e. The Morgan fingerprint density at radius 2 is 1.92 bits per heavy atom. The van der Waals surface area contributed by atoms with Gasteiger partial charge in [-0.15, -0.1) is 0 Å². The van der Waals surface area contributed by atoms with Crippen molar-refractivity contribution in [1.82, 2.24) is 14.9 Å². The van der Waals surface area contributed by atoms with E-state index in [4.69, 9.17) is 26.8 Å². The van der Waals surface area contributed by atoms with Crippen molar-refractivity contribution in [2.45, 2.75) is 37.0 Å². The third-order valence-electron chi connectivity index (χ3n) is 6.17. The van der Waals surface area contributed by atoms with Gasteiger partial charge < -0.3 is 30.7 Å². The van der Waals surface area contributed by atoms with Crippen molar-refractivity contribution >= 4 is 56.3 Å². The standard InChI is InChI=1S/C26H31ClN6O5S/c1-15(2)39(35,36)21-8-6-5-7-19(21)29-24-22(27)23(28)31-26(32-24)30-18-10-9-17(13-20(18)37-4)25(34)33-11-12-38-16(3)14-33/h5-10,13,15-16H,11-12,14H2,1-4H3,(H4,28,29,30,31,32)/t16-/m1/s1. The molecule has 0 unspecified atom stereocenters. The minimum Gasteiger partial charge on any atom is -0.495 e. The molecular weight excluding hydrogens is 544 g/mol. The van der Waals surface area contributed by atoms with Gasteiger partial charge in [-0.25, -0.2) is 8.42 Å². The van der Waals surface area contributed by atoms with Gasteiger partial charge in [0.2, 0.25) is 5.95 Å². The molecule has 1 aromatic heterocycles. The molecule has 208 valence electrons. The number of sulfone groups is 1. The van der Waals surface area contributed by atoms with Crippen molar-refractivity contribution in [3.8, 4) is 5.75 Å². The monoisotopic (exact) mass is 574 g/mol. The van der Waals surface area contributed by atoms with Crippen LogP contribution in [0.15, 0.2) is 47.4 Å². The van der Waals surface area contributed by atoms with Crippen LogP contribution in [0.2, 0.25) is 5.02 Å². The van der Waals surface area contributed by atoms with Crippen LogP contribution in [0.1, 0.15) is 31.1 Å². The Hall–Kier alpha value is -3.61. The number of nitrogens with two attached hydrogens (primary N) is 1. The second-order valence-electron chi connectivity index (χ2n) is 9.28. The van der Waals surface area contributed by atoms with E-state index in [1.165, 1.54) is 13.2 Å². The number of amides is 1. The molecule has 2 heterocycles. The third-order valence-corrected chi connectivity index (χ3v) is 8.75. The van der Waals surface area contributed by atoms with Crippen LogP contribution >= 0.6 is 11.6 Å². The van der Waals surface area contributed by atoms with Crippen LogP contribution in [-0.2, 0) is 14.6 Å². The maximum atomic E-state index is 13.0. The Morgan fingerprint density at radius 1 is 1.18 bits per heavy atom. The van der Waals surface area contributed by atoms with Gasteiger partial charge >= 0.3 is 0 Å². The van der Waals surface area contributed by atoms with Crippen LogP contribution in [0, 0.1) is 0 Å². The number of ether oxygens (including phenoxy) is 2. The van der Waals surface area contributed by atoms with Gasteiger partial charge in [0.05, 0.1) is 41.3 Å². The fourth-order valence-electron chi connectivity index (χ4n) is 4.04. The summed E-state index contributed by atoms with van der Waals surface area (Å²) in [6.07, 6.45) is -0.0294. The van der Waals surface area contributed by atoms with Gasteiger partial charge in [0.25, 0.3) is 5.91 Å². The van der Waals surface area contributed by atoms with Crippen LogP contribution in [0.4, 0.5) is 29.0 Å². The Bertz CT molecular complexity index is 1480. The maximum Gasteiger partial charge on any atom is 0.254 e. The number of hydrogen-bond donors (Lipinski definition) is 3. The summed E-state index contributed by atoms with van der Waals surface area (Å²) >= 11 is 6.38. The second-order valence-corrected chi connectivity index (χ2v) is 12.1. The van der Waals surface area contributed by atoms with E-state index in [-0.39, 0.29) is 39.5 Å². The van der Waals surface area contributed by atoms with Gasteiger partial charge in [-0.3, -0.25) is 4.79 Å². The molecule has 2 aromatic carbocycles. The number of carbonyl (C=O) groups is 1. The summed E-state index contributed by atoms with van der Waals surface area (Å²) in [5.74, 6) is 0.451. The molecule has 4 rings (SSSR count). The summed E-state index contributed by atoms with van der Waals surface area (Å²) < 4.78 is 36.8. The van der Waals surface area contributed by atoms with Gasteiger partial charge in [-0.05, 0) is 51.1 Å². The lowest BCUT2D eigenvalue weighted by atomic mass is 10.1. The molecule has 4 N–H and O–H groups in total. The molecule has 3 aromatic rings.